The lowest BCUT2D eigenvalue weighted by atomic mass is 9.94. The molecule has 0 aromatic carbocycles. The molecule has 1 saturated heterocycles. The van der Waals surface area contributed by atoms with Gasteiger partial charge in [0.15, 0.2) is 0 Å². The van der Waals surface area contributed by atoms with Crippen molar-refractivity contribution in [2.24, 2.45) is 0 Å². The molecule has 2 aliphatic rings. The molecule has 0 aliphatic carbocycles. The smallest absolute Gasteiger partial charge is 0.112 e. The van der Waals surface area contributed by atoms with Crippen LogP contribution in [0.15, 0.2) is 6.20 Å². The summed E-state index contributed by atoms with van der Waals surface area (Å²) in [4.78, 5) is 7.38. The van der Waals surface area contributed by atoms with Crippen molar-refractivity contribution in [3.63, 3.8) is 0 Å². The van der Waals surface area contributed by atoms with E-state index in [1.807, 2.05) is 0 Å². The van der Waals surface area contributed by atoms with E-state index in [0.717, 1.165) is 0 Å². The van der Waals surface area contributed by atoms with E-state index in [2.05, 4.69) is 36.4 Å². The summed E-state index contributed by atoms with van der Waals surface area (Å²) >= 11 is 0. The second-order valence-corrected chi connectivity index (χ2v) is 6.62. The largest absolute Gasteiger partial charge is 0.329 e. The van der Waals surface area contributed by atoms with Crippen molar-refractivity contribution in [3.05, 3.63) is 17.7 Å². The molecule has 3 heterocycles. The first-order chi connectivity index (χ1) is 9.16. The summed E-state index contributed by atoms with van der Waals surface area (Å²) in [6.07, 6.45) is 8.57. The van der Waals surface area contributed by atoms with Crippen molar-refractivity contribution in [2.75, 3.05) is 13.1 Å². The van der Waals surface area contributed by atoms with Gasteiger partial charge in [-0.05, 0) is 66.0 Å². The molecule has 0 bridgehead atoms. The first-order valence-electron chi connectivity index (χ1n) is 7.97. The molecule has 1 aromatic rings. The van der Waals surface area contributed by atoms with Crippen molar-refractivity contribution in [1.29, 1.82) is 0 Å². The summed E-state index contributed by atoms with van der Waals surface area (Å²) in [5, 5.41) is 0. The minimum absolute atomic E-state index is 0.657. The molecule has 3 nitrogen and oxygen atoms in total. The molecule has 3 rings (SSSR count). The Balaban J connectivity index is 1.76. The fourth-order valence-corrected chi connectivity index (χ4v) is 3.79. The van der Waals surface area contributed by atoms with Gasteiger partial charge in [-0.15, -0.1) is 0 Å². The number of aromatic nitrogens is 2. The average molecular weight is 261 g/mol. The number of aryl methyl sites for hydroxylation is 1. The molecule has 0 N–H and O–H groups in total. The molecule has 0 spiro atoms. The average Bonchev–Trinajstić information content (AvgIpc) is 2.84. The monoisotopic (exact) mass is 261 g/mol. The maximum absolute atomic E-state index is 4.79. The molecular weight excluding hydrogens is 234 g/mol. The highest BCUT2D eigenvalue weighted by Crippen LogP contribution is 2.34. The Morgan fingerprint density at radius 3 is 2.63 bits per heavy atom. The summed E-state index contributed by atoms with van der Waals surface area (Å²) in [6.45, 7) is 9.44. The van der Waals surface area contributed by atoms with Gasteiger partial charge in [-0.3, -0.25) is 0 Å². The number of hydrogen-bond acceptors (Lipinski definition) is 2. The van der Waals surface area contributed by atoms with E-state index in [4.69, 9.17) is 4.98 Å². The van der Waals surface area contributed by atoms with E-state index in [0.29, 0.717) is 18.0 Å². The summed E-state index contributed by atoms with van der Waals surface area (Å²) in [5.74, 6) is 2.06. The third-order valence-electron chi connectivity index (χ3n) is 5.02. The lowest BCUT2D eigenvalue weighted by Gasteiger charge is -2.35. The maximum Gasteiger partial charge on any atom is 0.112 e. The number of likely N-dealkylation sites (tertiary alicyclic amines) is 1. The standard InChI is InChI=1S/C16H27N3/c1-12(2)18-9-7-14(8-10-18)16-17-11-15-6-4-5-13(3)19(15)16/h11-14H,4-10H2,1-3H3. The highest BCUT2D eigenvalue weighted by atomic mass is 15.2. The van der Waals surface area contributed by atoms with Gasteiger partial charge < -0.3 is 9.47 Å². The summed E-state index contributed by atoms with van der Waals surface area (Å²) in [6, 6.07) is 1.35. The van der Waals surface area contributed by atoms with Gasteiger partial charge in [0.25, 0.3) is 0 Å². The van der Waals surface area contributed by atoms with Crippen molar-refractivity contribution >= 4 is 0 Å². The molecule has 1 atom stereocenters. The van der Waals surface area contributed by atoms with Crippen LogP contribution in [0, 0.1) is 0 Å². The molecule has 3 heteroatoms. The molecule has 1 aromatic heterocycles. The number of rotatable bonds is 2. The topological polar surface area (TPSA) is 21.1 Å². The van der Waals surface area contributed by atoms with E-state index in [9.17, 15) is 0 Å². The van der Waals surface area contributed by atoms with E-state index in [-0.39, 0.29) is 0 Å². The predicted octanol–water partition coefficient (Wildman–Crippen LogP) is 3.37. The third kappa shape index (κ3) is 2.45. The zero-order valence-electron chi connectivity index (χ0n) is 12.6. The van der Waals surface area contributed by atoms with Crippen LogP contribution < -0.4 is 0 Å². The number of fused-ring (bicyclic) bond motifs is 1. The van der Waals surface area contributed by atoms with Crippen LogP contribution in [-0.4, -0.2) is 33.6 Å². The van der Waals surface area contributed by atoms with Gasteiger partial charge in [0, 0.05) is 29.9 Å². The van der Waals surface area contributed by atoms with Gasteiger partial charge in [-0.1, -0.05) is 0 Å². The van der Waals surface area contributed by atoms with Crippen molar-refractivity contribution in [2.45, 2.75) is 70.9 Å². The summed E-state index contributed by atoms with van der Waals surface area (Å²) in [7, 11) is 0. The Bertz CT molecular complexity index is 427. The van der Waals surface area contributed by atoms with Gasteiger partial charge >= 0.3 is 0 Å². The highest BCUT2D eigenvalue weighted by molar-refractivity contribution is 5.14. The van der Waals surface area contributed by atoms with Crippen LogP contribution in [0.25, 0.3) is 0 Å². The fraction of sp³-hybridized carbons (Fsp3) is 0.812. The Morgan fingerprint density at radius 2 is 1.95 bits per heavy atom. The van der Waals surface area contributed by atoms with Crippen LogP contribution in [0.1, 0.15) is 69.9 Å². The van der Waals surface area contributed by atoms with Crippen LogP contribution in [0.5, 0.6) is 0 Å². The van der Waals surface area contributed by atoms with E-state index in [1.165, 1.54) is 56.7 Å². The minimum Gasteiger partial charge on any atom is -0.329 e. The Hall–Kier alpha value is -0.830. The normalized spacial score (nSPS) is 25.8. The van der Waals surface area contributed by atoms with Gasteiger partial charge in [0.1, 0.15) is 5.82 Å². The molecule has 1 fully saturated rings. The van der Waals surface area contributed by atoms with Gasteiger partial charge in [0.05, 0.1) is 0 Å². The van der Waals surface area contributed by atoms with Gasteiger partial charge in [0.2, 0.25) is 0 Å². The summed E-state index contributed by atoms with van der Waals surface area (Å²) in [5.41, 5.74) is 1.47. The zero-order valence-corrected chi connectivity index (χ0v) is 12.6. The molecule has 19 heavy (non-hydrogen) atoms. The number of piperidine rings is 1. The van der Waals surface area contributed by atoms with Crippen molar-refractivity contribution < 1.29 is 0 Å². The lowest BCUT2D eigenvalue weighted by molar-refractivity contribution is 0.167. The Labute approximate surface area is 117 Å². The van der Waals surface area contributed by atoms with Crippen LogP contribution in [0.2, 0.25) is 0 Å². The quantitative estimate of drug-likeness (QED) is 0.814. The molecule has 0 saturated carbocycles. The van der Waals surface area contributed by atoms with E-state index < -0.39 is 0 Å². The SMILES string of the molecule is CC(C)N1CCC(c2ncc3n2C(C)CCC3)CC1. The number of imidazole rings is 1. The molecular formula is C16H27N3. The van der Waals surface area contributed by atoms with E-state index >= 15 is 0 Å². The highest BCUT2D eigenvalue weighted by Gasteiger charge is 2.28. The predicted molar refractivity (Wildman–Crippen MR) is 78.6 cm³/mol. The Kier molecular flexibility index (Phi) is 3.66. The third-order valence-corrected chi connectivity index (χ3v) is 5.02. The van der Waals surface area contributed by atoms with Crippen LogP contribution in [-0.2, 0) is 6.42 Å². The van der Waals surface area contributed by atoms with Gasteiger partial charge in [-0.2, -0.15) is 0 Å². The molecule has 0 radical (unpaired) electrons. The second-order valence-electron chi connectivity index (χ2n) is 6.62. The van der Waals surface area contributed by atoms with Gasteiger partial charge in [-0.25, -0.2) is 4.98 Å². The van der Waals surface area contributed by atoms with Crippen LogP contribution >= 0.6 is 0 Å². The number of hydrogen-bond donors (Lipinski definition) is 0. The molecule has 106 valence electrons. The maximum atomic E-state index is 4.79. The molecule has 1 unspecified atom stereocenters. The van der Waals surface area contributed by atoms with Crippen molar-refractivity contribution in [3.8, 4) is 0 Å². The van der Waals surface area contributed by atoms with Crippen molar-refractivity contribution in [1.82, 2.24) is 14.5 Å². The fourth-order valence-electron chi connectivity index (χ4n) is 3.79. The number of nitrogens with zero attached hydrogens (tertiary/aromatic N) is 3. The minimum atomic E-state index is 0.657. The first-order valence-corrected chi connectivity index (χ1v) is 7.97. The summed E-state index contributed by atoms with van der Waals surface area (Å²) < 4.78 is 2.55. The molecule has 2 aliphatic heterocycles. The second kappa shape index (κ2) is 5.28. The first kappa shape index (κ1) is 13.2. The van der Waals surface area contributed by atoms with E-state index in [1.54, 1.807) is 0 Å². The van der Waals surface area contributed by atoms with Crippen LogP contribution in [0.4, 0.5) is 0 Å². The molecule has 0 amide bonds. The lowest BCUT2D eigenvalue weighted by Crippen LogP contribution is -2.38. The zero-order chi connectivity index (χ0) is 13.4. The Morgan fingerprint density at radius 1 is 1.21 bits per heavy atom. The van der Waals surface area contributed by atoms with Crippen LogP contribution in [0.3, 0.4) is 0 Å².